The standard InChI is InChI=1S/C16H17N5O2/c1-10(15-11(2)20-23-12(15)3)16(22)19-13-4-5-14(18-8-13)21-7-6-17-9-21/h4-10H,1-3H3,(H,19,22). The van der Waals surface area contributed by atoms with E-state index in [2.05, 4.69) is 20.4 Å². The van der Waals surface area contributed by atoms with E-state index in [0.717, 1.165) is 17.1 Å². The summed E-state index contributed by atoms with van der Waals surface area (Å²) in [7, 11) is 0. The van der Waals surface area contributed by atoms with Gasteiger partial charge in [-0.3, -0.25) is 9.36 Å². The third-order valence-corrected chi connectivity index (χ3v) is 3.70. The maximum atomic E-state index is 12.4. The second-order valence-corrected chi connectivity index (χ2v) is 5.32. The fourth-order valence-electron chi connectivity index (χ4n) is 2.50. The Kier molecular flexibility index (Phi) is 3.92. The van der Waals surface area contributed by atoms with Gasteiger partial charge in [-0.1, -0.05) is 5.16 Å². The highest BCUT2D eigenvalue weighted by Crippen LogP contribution is 2.24. The Hall–Kier alpha value is -2.96. The molecule has 7 nitrogen and oxygen atoms in total. The smallest absolute Gasteiger partial charge is 0.231 e. The van der Waals surface area contributed by atoms with E-state index in [-0.39, 0.29) is 11.8 Å². The molecule has 0 saturated heterocycles. The van der Waals surface area contributed by atoms with Gasteiger partial charge in [0.05, 0.1) is 23.5 Å². The molecule has 3 aromatic rings. The summed E-state index contributed by atoms with van der Waals surface area (Å²) in [4.78, 5) is 20.7. The number of nitrogens with zero attached hydrogens (tertiary/aromatic N) is 4. The van der Waals surface area contributed by atoms with Crippen LogP contribution >= 0.6 is 0 Å². The average molecular weight is 311 g/mol. The Morgan fingerprint density at radius 2 is 2.17 bits per heavy atom. The number of carbonyl (C=O) groups excluding carboxylic acids is 1. The molecular formula is C16H17N5O2. The molecule has 3 heterocycles. The minimum absolute atomic E-state index is 0.128. The van der Waals surface area contributed by atoms with Crippen molar-refractivity contribution in [3.8, 4) is 5.82 Å². The second-order valence-electron chi connectivity index (χ2n) is 5.32. The zero-order chi connectivity index (χ0) is 16.4. The normalized spacial score (nSPS) is 12.1. The Morgan fingerprint density at radius 1 is 1.35 bits per heavy atom. The Labute approximate surface area is 133 Å². The van der Waals surface area contributed by atoms with Crippen molar-refractivity contribution in [2.45, 2.75) is 26.7 Å². The number of aryl methyl sites for hydroxylation is 2. The first-order valence-corrected chi connectivity index (χ1v) is 7.24. The van der Waals surface area contributed by atoms with Crippen LogP contribution in [0.1, 0.15) is 29.9 Å². The van der Waals surface area contributed by atoms with Crippen molar-refractivity contribution in [3.05, 3.63) is 54.1 Å². The lowest BCUT2D eigenvalue weighted by molar-refractivity contribution is -0.117. The van der Waals surface area contributed by atoms with Gasteiger partial charge < -0.3 is 9.84 Å². The van der Waals surface area contributed by atoms with Crippen molar-refractivity contribution in [2.75, 3.05) is 5.32 Å². The molecular weight excluding hydrogens is 294 g/mol. The highest BCUT2D eigenvalue weighted by Gasteiger charge is 2.23. The van der Waals surface area contributed by atoms with Gasteiger partial charge >= 0.3 is 0 Å². The molecule has 1 amide bonds. The fraction of sp³-hybridized carbons (Fsp3) is 0.250. The van der Waals surface area contributed by atoms with E-state index in [1.807, 2.05) is 19.9 Å². The maximum Gasteiger partial charge on any atom is 0.231 e. The van der Waals surface area contributed by atoms with Crippen LogP contribution < -0.4 is 5.32 Å². The van der Waals surface area contributed by atoms with E-state index >= 15 is 0 Å². The van der Waals surface area contributed by atoms with Gasteiger partial charge in [0.15, 0.2) is 0 Å². The van der Waals surface area contributed by atoms with Gasteiger partial charge in [-0.2, -0.15) is 0 Å². The van der Waals surface area contributed by atoms with Crippen molar-refractivity contribution in [1.82, 2.24) is 19.7 Å². The summed E-state index contributed by atoms with van der Waals surface area (Å²) >= 11 is 0. The predicted molar refractivity (Wildman–Crippen MR) is 84.4 cm³/mol. The van der Waals surface area contributed by atoms with Crippen molar-refractivity contribution < 1.29 is 9.32 Å². The molecule has 0 radical (unpaired) electrons. The van der Waals surface area contributed by atoms with Gasteiger partial charge in [0.1, 0.15) is 17.9 Å². The van der Waals surface area contributed by atoms with Crippen LogP contribution in [0.2, 0.25) is 0 Å². The molecule has 3 aromatic heterocycles. The van der Waals surface area contributed by atoms with Crippen LogP contribution in [0.4, 0.5) is 5.69 Å². The van der Waals surface area contributed by atoms with Crippen molar-refractivity contribution in [3.63, 3.8) is 0 Å². The number of carbonyl (C=O) groups is 1. The van der Waals surface area contributed by atoms with E-state index in [4.69, 9.17) is 4.52 Å². The molecule has 0 aromatic carbocycles. The molecule has 0 fully saturated rings. The zero-order valence-electron chi connectivity index (χ0n) is 13.1. The van der Waals surface area contributed by atoms with Gasteiger partial charge in [0.2, 0.25) is 5.91 Å². The summed E-state index contributed by atoms with van der Waals surface area (Å²) in [5.41, 5.74) is 2.20. The van der Waals surface area contributed by atoms with E-state index in [1.54, 1.807) is 42.5 Å². The lowest BCUT2D eigenvalue weighted by Gasteiger charge is -2.12. The van der Waals surface area contributed by atoms with Gasteiger partial charge in [-0.05, 0) is 32.9 Å². The number of hydrogen-bond donors (Lipinski definition) is 1. The summed E-state index contributed by atoms with van der Waals surface area (Å²) in [5.74, 6) is 0.921. The number of pyridine rings is 1. The summed E-state index contributed by atoms with van der Waals surface area (Å²) in [5, 5.41) is 6.75. The lowest BCUT2D eigenvalue weighted by Crippen LogP contribution is -2.19. The molecule has 0 spiro atoms. The van der Waals surface area contributed by atoms with Crippen LogP contribution in [0.25, 0.3) is 5.82 Å². The van der Waals surface area contributed by atoms with Crippen LogP contribution in [0.15, 0.2) is 41.6 Å². The number of amides is 1. The van der Waals surface area contributed by atoms with Gasteiger partial charge in [-0.15, -0.1) is 0 Å². The molecule has 0 bridgehead atoms. The third kappa shape index (κ3) is 2.98. The molecule has 0 aliphatic carbocycles. The van der Waals surface area contributed by atoms with E-state index in [9.17, 15) is 4.79 Å². The fourth-order valence-corrected chi connectivity index (χ4v) is 2.50. The summed E-state index contributed by atoms with van der Waals surface area (Å²) in [6.07, 6.45) is 6.77. The molecule has 118 valence electrons. The molecule has 7 heteroatoms. The van der Waals surface area contributed by atoms with Crippen LogP contribution in [-0.2, 0) is 4.79 Å². The molecule has 23 heavy (non-hydrogen) atoms. The SMILES string of the molecule is Cc1noc(C)c1C(C)C(=O)Nc1ccc(-n2ccnc2)nc1. The number of nitrogens with one attached hydrogen (secondary N) is 1. The molecule has 3 rings (SSSR count). The van der Waals surface area contributed by atoms with E-state index < -0.39 is 0 Å². The molecule has 1 unspecified atom stereocenters. The van der Waals surface area contributed by atoms with Crippen LogP contribution in [0, 0.1) is 13.8 Å². The Morgan fingerprint density at radius 3 is 2.74 bits per heavy atom. The molecule has 0 saturated carbocycles. The number of hydrogen-bond acceptors (Lipinski definition) is 5. The summed E-state index contributed by atoms with van der Waals surface area (Å²) in [6, 6.07) is 3.62. The number of imidazole rings is 1. The second kappa shape index (κ2) is 6.04. The first-order valence-electron chi connectivity index (χ1n) is 7.24. The van der Waals surface area contributed by atoms with E-state index in [1.165, 1.54) is 0 Å². The Bertz CT molecular complexity index is 786. The number of anilines is 1. The van der Waals surface area contributed by atoms with Crippen molar-refractivity contribution in [1.29, 1.82) is 0 Å². The van der Waals surface area contributed by atoms with E-state index in [0.29, 0.717) is 11.4 Å². The molecule has 0 aliphatic rings. The maximum absolute atomic E-state index is 12.4. The molecule has 1 N–H and O–H groups in total. The first kappa shape index (κ1) is 15.0. The zero-order valence-corrected chi connectivity index (χ0v) is 13.1. The number of aromatic nitrogens is 4. The first-order chi connectivity index (χ1) is 11.1. The highest BCUT2D eigenvalue weighted by atomic mass is 16.5. The lowest BCUT2D eigenvalue weighted by atomic mass is 9.98. The van der Waals surface area contributed by atoms with Gasteiger partial charge in [0, 0.05) is 18.0 Å². The Balaban J connectivity index is 1.73. The van der Waals surface area contributed by atoms with Crippen LogP contribution in [0.3, 0.4) is 0 Å². The molecule has 1 atom stereocenters. The summed E-state index contributed by atoms with van der Waals surface area (Å²) in [6.45, 7) is 5.47. The topological polar surface area (TPSA) is 85.8 Å². The summed E-state index contributed by atoms with van der Waals surface area (Å²) < 4.78 is 6.91. The average Bonchev–Trinajstić information content (AvgIpc) is 3.18. The monoisotopic (exact) mass is 311 g/mol. The number of rotatable bonds is 4. The molecule has 0 aliphatic heterocycles. The van der Waals surface area contributed by atoms with Crippen molar-refractivity contribution in [2.24, 2.45) is 0 Å². The largest absolute Gasteiger partial charge is 0.361 e. The predicted octanol–water partition coefficient (Wildman–Crippen LogP) is 2.61. The minimum atomic E-state index is -0.352. The highest BCUT2D eigenvalue weighted by molar-refractivity contribution is 5.95. The van der Waals surface area contributed by atoms with Crippen LogP contribution in [-0.4, -0.2) is 25.6 Å². The van der Waals surface area contributed by atoms with Crippen LogP contribution in [0.5, 0.6) is 0 Å². The minimum Gasteiger partial charge on any atom is -0.361 e. The van der Waals surface area contributed by atoms with Gasteiger partial charge in [-0.25, -0.2) is 9.97 Å². The van der Waals surface area contributed by atoms with Gasteiger partial charge in [0.25, 0.3) is 0 Å². The quantitative estimate of drug-likeness (QED) is 0.800. The van der Waals surface area contributed by atoms with Crippen molar-refractivity contribution >= 4 is 11.6 Å². The third-order valence-electron chi connectivity index (χ3n) is 3.70.